The lowest BCUT2D eigenvalue weighted by atomic mass is 9.88. The first-order chi connectivity index (χ1) is 6.79. The third kappa shape index (κ3) is 3.67. The second kappa shape index (κ2) is 4.36. The van der Waals surface area contributed by atoms with Crippen LogP contribution in [0.5, 0.6) is 0 Å². The van der Waals surface area contributed by atoms with Gasteiger partial charge in [0.25, 0.3) is 0 Å². The molecule has 1 rings (SSSR count). The highest BCUT2D eigenvalue weighted by molar-refractivity contribution is 7.90. The van der Waals surface area contributed by atoms with E-state index in [0.29, 0.717) is 0 Å². The maximum Gasteiger partial charge on any atom is 0.526 e. The maximum absolute atomic E-state index is 10.9. The van der Waals surface area contributed by atoms with Gasteiger partial charge in [0.2, 0.25) is 0 Å². The molecule has 1 atom stereocenters. The Morgan fingerprint density at radius 3 is 2.53 bits per heavy atom. The molecule has 0 saturated heterocycles. The van der Waals surface area contributed by atoms with E-state index in [1.54, 1.807) is 0 Å². The Morgan fingerprint density at radius 2 is 2.13 bits per heavy atom. The Hall–Kier alpha value is -0.825. The SMILES string of the molecule is CS(=O)(=O)CC(N)c1ccc(B(O)O)o1. The Balaban J connectivity index is 2.79. The molecular weight excluding hydrogens is 221 g/mol. The van der Waals surface area contributed by atoms with Gasteiger partial charge < -0.3 is 20.2 Å². The molecule has 1 unspecified atom stereocenters. The van der Waals surface area contributed by atoms with E-state index >= 15 is 0 Å². The molecule has 84 valence electrons. The van der Waals surface area contributed by atoms with Crippen molar-refractivity contribution in [3.05, 3.63) is 17.9 Å². The summed E-state index contributed by atoms with van der Waals surface area (Å²) in [4.78, 5) is 0. The number of rotatable bonds is 4. The number of furan rings is 1. The van der Waals surface area contributed by atoms with Gasteiger partial charge in [-0.05, 0) is 12.1 Å². The molecule has 0 aliphatic rings. The predicted molar refractivity (Wildman–Crippen MR) is 55.2 cm³/mol. The van der Waals surface area contributed by atoms with Crippen molar-refractivity contribution in [2.45, 2.75) is 6.04 Å². The van der Waals surface area contributed by atoms with Crippen molar-refractivity contribution in [2.24, 2.45) is 5.73 Å². The third-order valence-electron chi connectivity index (χ3n) is 1.75. The van der Waals surface area contributed by atoms with E-state index in [9.17, 15) is 8.42 Å². The van der Waals surface area contributed by atoms with Crippen LogP contribution in [0.4, 0.5) is 0 Å². The van der Waals surface area contributed by atoms with Gasteiger partial charge in [0.1, 0.15) is 21.3 Å². The lowest BCUT2D eigenvalue weighted by molar-refractivity contribution is 0.402. The summed E-state index contributed by atoms with van der Waals surface area (Å²) in [6, 6.07) is 1.96. The summed E-state index contributed by atoms with van der Waals surface area (Å²) in [5.41, 5.74) is 5.50. The molecule has 0 amide bonds. The van der Waals surface area contributed by atoms with Gasteiger partial charge >= 0.3 is 7.12 Å². The average Bonchev–Trinajstić information content (AvgIpc) is 2.47. The van der Waals surface area contributed by atoms with E-state index in [1.165, 1.54) is 12.1 Å². The van der Waals surface area contributed by atoms with Gasteiger partial charge in [-0.2, -0.15) is 0 Å². The van der Waals surface area contributed by atoms with E-state index in [0.717, 1.165) is 6.26 Å². The van der Waals surface area contributed by atoms with Crippen LogP contribution in [0, 0.1) is 0 Å². The molecule has 15 heavy (non-hydrogen) atoms. The summed E-state index contributed by atoms with van der Waals surface area (Å²) in [6.45, 7) is 0. The summed E-state index contributed by atoms with van der Waals surface area (Å²) in [6.07, 6.45) is 1.07. The van der Waals surface area contributed by atoms with Crippen LogP contribution in [-0.2, 0) is 9.84 Å². The molecule has 0 radical (unpaired) electrons. The first-order valence-electron chi connectivity index (χ1n) is 4.18. The van der Waals surface area contributed by atoms with Gasteiger partial charge in [0.15, 0.2) is 0 Å². The minimum absolute atomic E-state index is 0.0612. The Morgan fingerprint density at radius 1 is 1.53 bits per heavy atom. The number of sulfone groups is 1. The molecule has 0 aliphatic carbocycles. The fraction of sp³-hybridized carbons (Fsp3) is 0.429. The zero-order valence-electron chi connectivity index (χ0n) is 8.12. The highest BCUT2D eigenvalue weighted by Gasteiger charge is 2.20. The van der Waals surface area contributed by atoms with E-state index in [4.69, 9.17) is 20.2 Å². The number of nitrogens with two attached hydrogens (primary N) is 1. The minimum atomic E-state index is -3.19. The number of hydrogen-bond donors (Lipinski definition) is 3. The second-order valence-corrected chi connectivity index (χ2v) is 5.50. The minimum Gasteiger partial charge on any atom is -0.468 e. The highest BCUT2D eigenvalue weighted by Crippen LogP contribution is 2.11. The van der Waals surface area contributed by atoms with Crippen LogP contribution in [0.1, 0.15) is 11.8 Å². The molecule has 4 N–H and O–H groups in total. The zero-order chi connectivity index (χ0) is 11.6. The molecule has 6 nitrogen and oxygen atoms in total. The first kappa shape index (κ1) is 12.2. The Bertz CT molecular complexity index is 426. The summed E-state index contributed by atoms with van der Waals surface area (Å²) in [5, 5.41) is 17.5. The van der Waals surface area contributed by atoms with Gasteiger partial charge in [-0.15, -0.1) is 0 Å². The standard InChI is InChI=1S/C7H12BNO5S/c1-15(12,13)4-5(9)6-2-3-7(14-6)8(10)11/h2-3,5,10-11H,4,9H2,1H3. The highest BCUT2D eigenvalue weighted by atomic mass is 32.2. The lowest BCUT2D eigenvalue weighted by Gasteiger charge is -2.06. The molecule has 0 fully saturated rings. The zero-order valence-corrected chi connectivity index (χ0v) is 8.94. The third-order valence-corrected chi connectivity index (χ3v) is 2.71. The van der Waals surface area contributed by atoms with Crippen LogP contribution in [0.25, 0.3) is 0 Å². The molecule has 1 aromatic heterocycles. The van der Waals surface area contributed by atoms with Crippen molar-refractivity contribution in [1.29, 1.82) is 0 Å². The van der Waals surface area contributed by atoms with Gasteiger partial charge in [-0.25, -0.2) is 8.42 Å². The quantitative estimate of drug-likeness (QED) is 0.518. The van der Waals surface area contributed by atoms with Crippen LogP contribution in [-0.4, -0.2) is 37.6 Å². The summed E-state index contributed by atoms with van der Waals surface area (Å²) >= 11 is 0. The molecule has 8 heteroatoms. The van der Waals surface area contributed by atoms with Gasteiger partial charge in [-0.1, -0.05) is 0 Å². The smallest absolute Gasteiger partial charge is 0.468 e. The summed E-state index contributed by atoms with van der Waals surface area (Å²) < 4.78 is 26.8. The van der Waals surface area contributed by atoms with Crippen molar-refractivity contribution in [1.82, 2.24) is 0 Å². The first-order valence-corrected chi connectivity index (χ1v) is 6.25. The lowest BCUT2D eigenvalue weighted by Crippen LogP contribution is -2.28. The van der Waals surface area contributed by atoms with Gasteiger partial charge in [0.05, 0.1) is 11.8 Å². The molecule has 0 spiro atoms. The molecule has 1 heterocycles. The molecule has 0 saturated carbocycles. The van der Waals surface area contributed by atoms with Gasteiger partial charge in [0, 0.05) is 6.26 Å². The second-order valence-electron chi connectivity index (χ2n) is 3.31. The fourth-order valence-corrected chi connectivity index (χ4v) is 1.93. The predicted octanol–water partition coefficient (Wildman–Crippen LogP) is -2.00. The Kier molecular flexibility index (Phi) is 3.56. The van der Waals surface area contributed by atoms with Crippen LogP contribution >= 0.6 is 0 Å². The van der Waals surface area contributed by atoms with E-state index in [-0.39, 0.29) is 17.2 Å². The van der Waals surface area contributed by atoms with E-state index in [2.05, 4.69) is 0 Å². The average molecular weight is 233 g/mol. The van der Waals surface area contributed by atoms with Crippen molar-refractivity contribution in [3.63, 3.8) is 0 Å². The van der Waals surface area contributed by atoms with Crippen LogP contribution in [0.2, 0.25) is 0 Å². The van der Waals surface area contributed by atoms with Crippen molar-refractivity contribution < 1.29 is 22.9 Å². The topological polar surface area (TPSA) is 114 Å². The van der Waals surface area contributed by atoms with Crippen molar-refractivity contribution >= 4 is 22.6 Å². The molecule has 0 aromatic carbocycles. The van der Waals surface area contributed by atoms with Crippen molar-refractivity contribution in [3.8, 4) is 0 Å². The molecular formula is C7H12BNO5S. The summed E-state index contributed by atoms with van der Waals surface area (Å²) in [5.74, 6) is -0.0369. The maximum atomic E-state index is 10.9. The van der Waals surface area contributed by atoms with Crippen molar-refractivity contribution in [2.75, 3.05) is 12.0 Å². The normalized spacial score (nSPS) is 13.9. The van der Waals surface area contributed by atoms with Crippen LogP contribution in [0.3, 0.4) is 0 Å². The molecule has 0 bridgehead atoms. The molecule has 1 aromatic rings. The molecule has 0 aliphatic heterocycles. The van der Waals surface area contributed by atoms with Gasteiger partial charge in [-0.3, -0.25) is 0 Å². The summed E-state index contributed by atoms with van der Waals surface area (Å²) in [7, 11) is -4.91. The van der Waals surface area contributed by atoms with E-state index < -0.39 is 23.0 Å². The van der Waals surface area contributed by atoms with Crippen LogP contribution in [0.15, 0.2) is 16.5 Å². The monoisotopic (exact) mass is 233 g/mol. The van der Waals surface area contributed by atoms with E-state index in [1.807, 2.05) is 0 Å². The van der Waals surface area contributed by atoms with Crippen LogP contribution < -0.4 is 11.4 Å². The largest absolute Gasteiger partial charge is 0.526 e. The number of hydrogen-bond acceptors (Lipinski definition) is 6. The fourth-order valence-electron chi connectivity index (χ4n) is 1.11. The Labute approximate surface area is 87.8 Å².